The number of nitrogens with one attached hydrogen (secondary N) is 1. The van der Waals surface area contributed by atoms with Crippen molar-refractivity contribution >= 4 is 15.9 Å². The Morgan fingerprint density at radius 1 is 1.11 bits per heavy atom. The summed E-state index contributed by atoms with van der Waals surface area (Å²) in [6.45, 7) is 1.42. The SMILES string of the molecule is NS(=O)(=O)c1ccc(CNC(=O)[C@H]2C[C@@H](c3ccccc3)N3CCC[C@H]23)cc1. The Bertz CT molecular complexity index is 945. The molecule has 0 bridgehead atoms. The minimum absolute atomic E-state index is 0.0172. The van der Waals surface area contributed by atoms with Gasteiger partial charge in [-0.05, 0) is 49.1 Å². The second kappa shape index (κ2) is 7.66. The van der Waals surface area contributed by atoms with Crippen LogP contribution in [0.1, 0.15) is 36.4 Å². The molecular formula is C21H25N3O3S. The summed E-state index contributed by atoms with van der Waals surface area (Å²) in [6, 6.07) is 17.3. The average molecular weight is 400 g/mol. The summed E-state index contributed by atoms with van der Waals surface area (Å²) in [5.74, 6) is 0.0576. The van der Waals surface area contributed by atoms with Gasteiger partial charge in [-0.15, -0.1) is 0 Å². The van der Waals surface area contributed by atoms with E-state index in [2.05, 4.69) is 34.5 Å². The van der Waals surface area contributed by atoms with E-state index in [0.29, 0.717) is 18.6 Å². The highest BCUT2D eigenvalue weighted by Gasteiger charge is 2.46. The summed E-state index contributed by atoms with van der Waals surface area (Å²) >= 11 is 0. The summed E-state index contributed by atoms with van der Waals surface area (Å²) < 4.78 is 22.7. The summed E-state index contributed by atoms with van der Waals surface area (Å²) in [6.07, 6.45) is 3.03. The minimum Gasteiger partial charge on any atom is -0.352 e. The predicted molar refractivity (Wildman–Crippen MR) is 107 cm³/mol. The fourth-order valence-corrected chi connectivity index (χ4v) is 5.08. The van der Waals surface area contributed by atoms with Crippen LogP contribution in [-0.2, 0) is 21.4 Å². The van der Waals surface area contributed by atoms with Crippen LogP contribution in [0, 0.1) is 5.92 Å². The van der Waals surface area contributed by atoms with Crippen LogP contribution in [0.4, 0.5) is 0 Å². The largest absolute Gasteiger partial charge is 0.352 e. The van der Waals surface area contributed by atoms with Crippen molar-refractivity contribution in [3.05, 3.63) is 65.7 Å². The third-order valence-electron chi connectivity index (χ3n) is 5.92. The molecule has 2 fully saturated rings. The first-order chi connectivity index (χ1) is 13.4. The van der Waals surface area contributed by atoms with Gasteiger partial charge in [0.2, 0.25) is 15.9 Å². The van der Waals surface area contributed by atoms with Gasteiger partial charge in [0.25, 0.3) is 0 Å². The summed E-state index contributed by atoms with van der Waals surface area (Å²) in [4.78, 5) is 15.5. The summed E-state index contributed by atoms with van der Waals surface area (Å²) in [5.41, 5.74) is 2.13. The monoisotopic (exact) mass is 399 g/mol. The smallest absolute Gasteiger partial charge is 0.238 e. The van der Waals surface area contributed by atoms with Gasteiger partial charge in [0.15, 0.2) is 0 Å². The number of primary sulfonamides is 1. The van der Waals surface area contributed by atoms with Gasteiger partial charge < -0.3 is 5.32 Å². The zero-order valence-corrected chi connectivity index (χ0v) is 16.4. The maximum Gasteiger partial charge on any atom is 0.238 e. The van der Waals surface area contributed by atoms with E-state index in [1.54, 1.807) is 12.1 Å². The maximum atomic E-state index is 12.9. The number of sulfonamides is 1. The molecule has 0 radical (unpaired) electrons. The minimum atomic E-state index is -3.70. The van der Waals surface area contributed by atoms with Gasteiger partial charge in [0, 0.05) is 18.6 Å². The molecule has 2 aromatic rings. The molecule has 28 heavy (non-hydrogen) atoms. The number of rotatable bonds is 5. The molecule has 3 N–H and O–H groups in total. The predicted octanol–water partition coefficient (Wildman–Crippen LogP) is 2.18. The highest BCUT2D eigenvalue weighted by atomic mass is 32.2. The second-order valence-electron chi connectivity index (χ2n) is 7.62. The van der Waals surface area contributed by atoms with Gasteiger partial charge >= 0.3 is 0 Å². The standard InChI is InChI=1S/C21H25N3O3S/c22-28(26,27)17-10-8-15(9-11-17)14-23-21(25)18-13-20(16-5-2-1-3-6-16)24-12-4-7-19(18)24/h1-3,5-6,8-11,18-20H,4,7,12-14H2,(H,23,25)(H2,22,26,27)/t18-,19+,20-/m0/s1. The molecule has 2 aliphatic heterocycles. The lowest BCUT2D eigenvalue weighted by molar-refractivity contribution is -0.125. The molecule has 2 aromatic carbocycles. The first-order valence-electron chi connectivity index (χ1n) is 9.63. The normalized spacial score (nSPS) is 24.8. The zero-order valence-electron chi connectivity index (χ0n) is 15.6. The first kappa shape index (κ1) is 19.1. The Morgan fingerprint density at radius 3 is 2.50 bits per heavy atom. The number of amides is 1. The Morgan fingerprint density at radius 2 is 1.82 bits per heavy atom. The van der Waals surface area contributed by atoms with E-state index in [1.807, 2.05) is 6.07 Å². The number of nitrogens with zero attached hydrogens (tertiary/aromatic N) is 1. The lowest BCUT2D eigenvalue weighted by Gasteiger charge is -2.24. The first-order valence-corrected chi connectivity index (χ1v) is 11.2. The summed E-state index contributed by atoms with van der Waals surface area (Å²) in [7, 11) is -3.70. The molecule has 0 aromatic heterocycles. The van der Waals surface area contributed by atoms with Crippen LogP contribution in [-0.4, -0.2) is 31.8 Å². The molecular weight excluding hydrogens is 374 g/mol. The van der Waals surface area contributed by atoms with Gasteiger partial charge in [-0.2, -0.15) is 0 Å². The molecule has 0 aliphatic carbocycles. The average Bonchev–Trinajstić information content (AvgIpc) is 3.29. The van der Waals surface area contributed by atoms with Crippen LogP contribution in [0.25, 0.3) is 0 Å². The lowest BCUT2D eigenvalue weighted by atomic mass is 9.93. The van der Waals surface area contributed by atoms with Crippen molar-refractivity contribution in [1.82, 2.24) is 10.2 Å². The number of hydrogen-bond acceptors (Lipinski definition) is 4. The van der Waals surface area contributed by atoms with Crippen molar-refractivity contribution in [3.63, 3.8) is 0 Å². The Balaban J connectivity index is 1.42. The third kappa shape index (κ3) is 3.83. The fraction of sp³-hybridized carbons (Fsp3) is 0.381. The number of fused-ring (bicyclic) bond motifs is 1. The third-order valence-corrected chi connectivity index (χ3v) is 6.85. The van der Waals surface area contributed by atoms with Crippen molar-refractivity contribution in [1.29, 1.82) is 0 Å². The number of nitrogens with two attached hydrogens (primary N) is 1. The van der Waals surface area contributed by atoms with Crippen LogP contribution in [0.5, 0.6) is 0 Å². The van der Waals surface area contributed by atoms with E-state index in [1.165, 1.54) is 17.7 Å². The Hall–Kier alpha value is -2.22. The van der Waals surface area contributed by atoms with Gasteiger partial charge in [0.05, 0.1) is 10.8 Å². The van der Waals surface area contributed by atoms with Crippen molar-refractivity contribution in [2.45, 2.75) is 42.8 Å². The fourth-order valence-electron chi connectivity index (χ4n) is 4.57. The quantitative estimate of drug-likeness (QED) is 0.806. The Labute approximate surface area is 165 Å². The molecule has 4 rings (SSSR count). The lowest BCUT2D eigenvalue weighted by Crippen LogP contribution is -2.37. The molecule has 0 spiro atoms. The molecule has 0 saturated carbocycles. The number of benzene rings is 2. The van der Waals surface area contributed by atoms with Crippen molar-refractivity contribution < 1.29 is 13.2 Å². The van der Waals surface area contributed by atoms with E-state index >= 15 is 0 Å². The highest BCUT2D eigenvalue weighted by Crippen LogP contribution is 2.44. The molecule has 6 nitrogen and oxygen atoms in total. The summed E-state index contributed by atoms with van der Waals surface area (Å²) in [5, 5.41) is 8.16. The van der Waals surface area contributed by atoms with Crippen LogP contribution in [0.2, 0.25) is 0 Å². The molecule has 1 amide bonds. The van der Waals surface area contributed by atoms with Gasteiger partial charge in [-0.1, -0.05) is 42.5 Å². The van der Waals surface area contributed by atoms with Gasteiger partial charge in [-0.3, -0.25) is 9.69 Å². The van der Waals surface area contributed by atoms with Gasteiger partial charge in [0.1, 0.15) is 0 Å². The van der Waals surface area contributed by atoms with E-state index < -0.39 is 10.0 Å². The van der Waals surface area contributed by atoms with Gasteiger partial charge in [-0.25, -0.2) is 13.6 Å². The number of carbonyl (C=O) groups excluding carboxylic acids is 1. The van der Waals surface area contributed by atoms with Crippen LogP contribution < -0.4 is 10.5 Å². The molecule has 3 atom stereocenters. The number of carbonyl (C=O) groups is 1. The topological polar surface area (TPSA) is 92.5 Å². The van der Waals surface area contributed by atoms with Crippen LogP contribution >= 0.6 is 0 Å². The number of hydrogen-bond donors (Lipinski definition) is 2. The molecule has 7 heteroatoms. The van der Waals surface area contributed by atoms with Crippen molar-refractivity contribution in [2.24, 2.45) is 11.1 Å². The zero-order chi connectivity index (χ0) is 19.7. The molecule has 2 heterocycles. The van der Waals surface area contributed by atoms with Crippen LogP contribution in [0.3, 0.4) is 0 Å². The van der Waals surface area contributed by atoms with Crippen molar-refractivity contribution in [2.75, 3.05) is 6.54 Å². The highest BCUT2D eigenvalue weighted by molar-refractivity contribution is 7.89. The molecule has 0 unspecified atom stereocenters. The Kier molecular flexibility index (Phi) is 5.23. The van der Waals surface area contributed by atoms with E-state index in [0.717, 1.165) is 31.4 Å². The second-order valence-corrected chi connectivity index (χ2v) is 9.18. The maximum absolute atomic E-state index is 12.9. The van der Waals surface area contributed by atoms with Crippen LogP contribution in [0.15, 0.2) is 59.5 Å². The van der Waals surface area contributed by atoms with E-state index in [-0.39, 0.29) is 16.7 Å². The van der Waals surface area contributed by atoms with E-state index in [4.69, 9.17) is 5.14 Å². The van der Waals surface area contributed by atoms with Crippen molar-refractivity contribution in [3.8, 4) is 0 Å². The molecule has 2 aliphatic rings. The van der Waals surface area contributed by atoms with E-state index in [9.17, 15) is 13.2 Å². The molecule has 2 saturated heterocycles. The molecule has 148 valence electrons.